The van der Waals surface area contributed by atoms with Crippen molar-refractivity contribution >= 4 is 29.1 Å². The van der Waals surface area contributed by atoms with Gasteiger partial charge in [0.15, 0.2) is 11.7 Å². The van der Waals surface area contributed by atoms with Crippen molar-refractivity contribution in [3.63, 3.8) is 0 Å². The van der Waals surface area contributed by atoms with Crippen molar-refractivity contribution in [3.05, 3.63) is 65.2 Å². The zero-order valence-corrected chi connectivity index (χ0v) is 17.1. The Kier molecular flexibility index (Phi) is 7.95. The van der Waals surface area contributed by atoms with E-state index < -0.39 is 5.91 Å². The van der Waals surface area contributed by atoms with Gasteiger partial charge in [-0.15, -0.1) is 0 Å². The molecule has 7 heteroatoms. The van der Waals surface area contributed by atoms with Crippen LogP contribution in [0, 0.1) is 0 Å². The number of hydrogen-bond donors (Lipinski definition) is 3. The van der Waals surface area contributed by atoms with Crippen LogP contribution in [0.15, 0.2) is 48.5 Å². The molecular formula is C21H25N3O3S. The molecule has 0 fully saturated rings. The van der Waals surface area contributed by atoms with Gasteiger partial charge in [0, 0.05) is 5.56 Å². The number of carbonyl (C=O) groups is 2. The van der Waals surface area contributed by atoms with E-state index in [0.717, 1.165) is 12.0 Å². The van der Waals surface area contributed by atoms with Crippen molar-refractivity contribution in [1.29, 1.82) is 0 Å². The summed E-state index contributed by atoms with van der Waals surface area (Å²) in [5.41, 5.74) is 7.70. The third kappa shape index (κ3) is 6.66. The standard InChI is InChI=1S/C21H25N3O3S/c1-4-15-5-11-18(12-6-15)27-13-19(25)23-24-21(28)22-20(26)17-9-7-16(8-10-17)14(2)3/h5-12,14H,4,13H2,1-3H3,(H,23,25)(H2,22,24,26,28). The average Bonchev–Trinajstić information content (AvgIpc) is 2.71. The van der Waals surface area contributed by atoms with Crippen LogP contribution in [0.4, 0.5) is 0 Å². The molecule has 2 rings (SSSR count). The van der Waals surface area contributed by atoms with Crippen LogP contribution >= 0.6 is 12.2 Å². The summed E-state index contributed by atoms with van der Waals surface area (Å²) >= 11 is 5.02. The van der Waals surface area contributed by atoms with E-state index in [2.05, 4.69) is 36.9 Å². The molecule has 0 aliphatic rings. The van der Waals surface area contributed by atoms with E-state index in [0.29, 0.717) is 17.2 Å². The molecular weight excluding hydrogens is 374 g/mol. The zero-order chi connectivity index (χ0) is 20.5. The summed E-state index contributed by atoms with van der Waals surface area (Å²) in [4.78, 5) is 24.0. The number of carbonyl (C=O) groups excluding carboxylic acids is 2. The van der Waals surface area contributed by atoms with Crippen LogP contribution < -0.4 is 20.9 Å². The lowest BCUT2D eigenvalue weighted by molar-refractivity contribution is -0.123. The Balaban J connectivity index is 1.73. The molecule has 0 aromatic heterocycles. The Hall–Kier alpha value is -2.93. The molecule has 6 nitrogen and oxygen atoms in total. The van der Waals surface area contributed by atoms with E-state index in [9.17, 15) is 9.59 Å². The highest BCUT2D eigenvalue weighted by molar-refractivity contribution is 7.80. The molecule has 148 valence electrons. The van der Waals surface area contributed by atoms with E-state index >= 15 is 0 Å². The van der Waals surface area contributed by atoms with Crippen LogP contribution in [-0.2, 0) is 11.2 Å². The normalized spacial score (nSPS) is 10.3. The average molecular weight is 400 g/mol. The molecule has 0 heterocycles. The SMILES string of the molecule is CCc1ccc(OCC(=O)NNC(=S)NC(=O)c2ccc(C(C)C)cc2)cc1. The van der Waals surface area contributed by atoms with E-state index in [1.54, 1.807) is 12.1 Å². The lowest BCUT2D eigenvalue weighted by Gasteiger charge is -2.12. The summed E-state index contributed by atoms with van der Waals surface area (Å²) in [6.45, 7) is 6.06. The predicted molar refractivity (Wildman–Crippen MR) is 113 cm³/mol. The van der Waals surface area contributed by atoms with Gasteiger partial charge in [0.1, 0.15) is 5.75 Å². The molecule has 0 saturated carbocycles. The molecule has 0 bridgehead atoms. The van der Waals surface area contributed by atoms with Gasteiger partial charge < -0.3 is 4.74 Å². The van der Waals surface area contributed by atoms with Gasteiger partial charge in [-0.3, -0.25) is 25.8 Å². The Bertz CT molecular complexity index is 818. The summed E-state index contributed by atoms with van der Waals surface area (Å²) < 4.78 is 5.40. The first-order valence-corrected chi connectivity index (χ1v) is 9.51. The van der Waals surface area contributed by atoms with E-state index in [4.69, 9.17) is 17.0 Å². The first-order valence-electron chi connectivity index (χ1n) is 9.11. The van der Waals surface area contributed by atoms with Crippen LogP contribution in [0.3, 0.4) is 0 Å². The number of nitrogens with one attached hydrogen (secondary N) is 3. The second-order valence-corrected chi connectivity index (χ2v) is 6.93. The summed E-state index contributed by atoms with van der Waals surface area (Å²) in [5.74, 6) is 0.224. The maximum atomic E-state index is 12.2. The van der Waals surface area contributed by atoms with Crippen molar-refractivity contribution in [2.75, 3.05) is 6.61 Å². The third-order valence-corrected chi connectivity index (χ3v) is 4.29. The van der Waals surface area contributed by atoms with Crippen LogP contribution in [0.2, 0.25) is 0 Å². The second-order valence-electron chi connectivity index (χ2n) is 6.52. The van der Waals surface area contributed by atoms with Crippen molar-refractivity contribution in [3.8, 4) is 5.75 Å². The van der Waals surface area contributed by atoms with Gasteiger partial charge in [-0.25, -0.2) is 0 Å². The maximum absolute atomic E-state index is 12.2. The molecule has 0 aliphatic heterocycles. The Labute approximate surface area is 170 Å². The topological polar surface area (TPSA) is 79.5 Å². The van der Waals surface area contributed by atoms with E-state index in [-0.39, 0.29) is 17.6 Å². The Morgan fingerprint density at radius 3 is 2.21 bits per heavy atom. The van der Waals surface area contributed by atoms with E-state index in [1.807, 2.05) is 36.4 Å². The number of ether oxygens (including phenoxy) is 1. The van der Waals surface area contributed by atoms with Crippen molar-refractivity contribution < 1.29 is 14.3 Å². The minimum atomic E-state index is -0.419. The molecule has 0 atom stereocenters. The third-order valence-electron chi connectivity index (χ3n) is 4.08. The highest BCUT2D eigenvalue weighted by Gasteiger charge is 2.09. The summed E-state index contributed by atoms with van der Waals surface area (Å²) in [6.07, 6.45) is 0.940. The van der Waals surface area contributed by atoms with Gasteiger partial charge in [-0.1, -0.05) is 45.0 Å². The van der Waals surface area contributed by atoms with E-state index in [1.165, 1.54) is 5.56 Å². The largest absolute Gasteiger partial charge is 0.484 e. The van der Waals surface area contributed by atoms with Crippen molar-refractivity contribution in [2.24, 2.45) is 0 Å². The molecule has 28 heavy (non-hydrogen) atoms. The van der Waals surface area contributed by atoms with Crippen LogP contribution in [0.25, 0.3) is 0 Å². The molecule has 0 unspecified atom stereocenters. The molecule has 0 spiro atoms. The lowest BCUT2D eigenvalue weighted by Crippen LogP contribution is -2.49. The Morgan fingerprint density at radius 1 is 1.00 bits per heavy atom. The number of aryl methyl sites for hydroxylation is 1. The monoisotopic (exact) mass is 399 g/mol. The molecule has 0 aliphatic carbocycles. The van der Waals surface area contributed by atoms with Crippen LogP contribution in [0.1, 0.15) is 48.2 Å². The first kappa shape index (κ1) is 21.4. The summed E-state index contributed by atoms with van der Waals surface area (Å²) in [5, 5.41) is 2.51. The minimum Gasteiger partial charge on any atom is -0.484 e. The first-order chi connectivity index (χ1) is 13.4. The number of thiocarbonyl (C=S) groups is 1. The highest BCUT2D eigenvalue weighted by atomic mass is 32.1. The summed E-state index contributed by atoms with van der Waals surface area (Å²) in [7, 11) is 0. The lowest BCUT2D eigenvalue weighted by atomic mass is 10.0. The van der Waals surface area contributed by atoms with Gasteiger partial charge in [0.25, 0.3) is 11.8 Å². The van der Waals surface area contributed by atoms with Crippen LogP contribution in [0.5, 0.6) is 5.75 Å². The number of rotatable bonds is 6. The quantitative estimate of drug-likeness (QED) is 0.514. The maximum Gasteiger partial charge on any atom is 0.276 e. The van der Waals surface area contributed by atoms with Gasteiger partial charge in [-0.05, 0) is 59.9 Å². The minimum absolute atomic E-state index is 0.00131. The smallest absolute Gasteiger partial charge is 0.276 e. The number of benzene rings is 2. The molecule has 2 aromatic carbocycles. The van der Waals surface area contributed by atoms with Gasteiger partial charge >= 0.3 is 0 Å². The number of hydrazine groups is 1. The molecule has 0 radical (unpaired) electrons. The fraction of sp³-hybridized carbons (Fsp3) is 0.286. The van der Waals surface area contributed by atoms with Gasteiger partial charge in [0.05, 0.1) is 0 Å². The van der Waals surface area contributed by atoms with Crippen molar-refractivity contribution in [2.45, 2.75) is 33.1 Å². The summed E-state index contributed by atoms with van der Waals surface area (Å²) in [6, 6.07) is 14.8. The molecule has 2 amide bonds. The highest BCUT2D eigenvalue weighted by Crippen LogP contribution is 2.14. The second kappa shape index (κ2) is 10.4. The molecule has 3 N–H and O–H groups in total. The number of amides is 2. The fourth-order valence-corrected chi connectivity index (χ4v) is 2.50. The Morgan fingerprint density at radius 2 is 1.64 bits per heavy atom. The predicted octanol–water partition coefficient (Wildman–Crippen LogP) is 3.09. The molecule has 2 aromatic rings. The fourth-order valence-electron chi connectivity index (χ4n) is 2.36. The zero-order valence-electron chi connectivity index (χ0n) is 16.2. The van der Waals surface area contributed by atoms with Gasteiger partial charge in [-0.2, -0.15) is 0 Å². The van der Waals surface area contributed by atoms with Crippen molar-refractivity contribution in [1.82, 2.24) is 16.2 Å². The van der Waals surface area contributed by atoms with Crippen LogP contribution in [-0.4, -0.2) is 23.5 Å². The molecule has 0 saturated heterocycles. The number of hydrogen-bond acceptors (Lipinski definition) is 4. The van der Waals surface area contributed by atoms with Gasteiger partial charge in [0.2, 0.25) is 0 Å².